The molecule has 0 radical (unpaired) electrons. The fraction of sp³-hybridized carbons (Fsp3) is 0.545. The highest BCUT2D eigenvalue weighted by Gasteiger charge is 2.27. The van der Waals surface area contributed by atoms with Crippen LogP contribution >= 0.6 is 23.2 Å². The van der Waals surface area contributed by atoms with Crippen molar-refractivity contribution in [3.05, 3.63) is 22.4 Å². The van der Waals surface area contributed by atoms with Crippen LogP contribution in [0.15, 0.2) is 17.2 Å². The molecule has 0 aliphatic heterocycles. The second-order valence-corrected chi connectivity index (χ2v) is 7.09. The zero-order valence-corrected chi connectivity index (χ0v) is 12.3. The van der Waals surface area contributed by atoms with E-state index in [2.05, 4.69) is 9.71 Å². The lowest BCUT2D eigenvalue weighted by Crippen LogP contribution is -2.32. The van der Waals surface area contributed by atoms with Crippen LogP contribution in [0.4, 0.5) is 0 Å². The van der Waals surface area contributed by atoms with E-state index in [4.69, 9.17) is 23.2 Å². The van der Waals surface area contributed by atoms with Crippen LogP contribution in [0.1, 0.15) is 19.3 Å². The van der Waals surface area contributed by atoms with Gasteiger partial charge in [-0.25, -0.2) is 18.1 Å². The van der Waals surface area contributed by atoms with E-state index in [-0.39, 0.29) is 27.5 Å². The van der Waals surface area contributed by atoms with E-state index in [1.165, 1.54) is 6.07 Å². The summed E-state index contributed by atoms with van der Waals surface area (Å²) in [7, 11) is -3.68. The van der Waals surface area contributed by atoms with Gasteiger partial charge in [0.25, 0.3) is 0 Å². The molecule has 1 aliphatic rings. The number of nitrogens with one attached hydrogen (secondary N) is 1. The topological polar surface area (TPSA) is 79.3 Å². The van der Waals surface area contributed by atoms with Gasteiger partial charge >= 0.3 is 0 Å². The monoisotopic (exact) mass is 324 g/mol. The van der Waals surface area contributed by atoms with Crippen molar-refractivity contribution < 1.29 is 13.5 Å². The second-order valence-electron chi connectivity index (χ2n) is 4.55. The first-order valence-corrected chi connectivity index (χ1v) is 8.13. The predicted octanol–water partition coefficient (Wildman–Crippen LogP) is 1.83. The molecule has 0 spiro atoms. The summed E-state index contributed by atoms with van der Waals surface area (Å²) in [4.78, 5) is 3.67. The number of nitrogens with zero attached hydrogens (tertiary/aromatic N) is 1. The Balaban J connectivity index is 2.07. The molecule has 19 heavy (non-hydrogen) atoms. The Morgan fingerprint density at radius 3 is 2.74 bits per heavy atom. The molecule has 0 aromatic carbocycles. The lowest BCUT2D eigenvalue weighted by Gasteiger charge is -2.15. The third kappa shape index (κ3) is 3.58. The number of aliphatic hydroxyl groups is 1. The molecule has 1 saturated carbocycles. The standard InChI is InChI=1S/C11H14Cl2N2O3S/c12-9-4-8(6-14-11(9)13)19(17,18)15-5-7-2-1-3-10(7)16/h4,6-7,10,15-16H,1-3,5H2. The van der Waals surface area contributed by atoms with E-state index in [0.717, 1.165) is 25.5 Å². The molecule has 1 aliphatic carbocycles. The summed E-state index contributed by atoms with van der Waals surface area (Å²) in [5, 5.41) is 9.80. The van der Waals surface area contributed by atoms with Gasteiger partial charge in [0, 0.05) is 12.7 Å². The Bertz CT molecular complexity index is 565. The molecular weight excluding hydrogens is 311 g/mol. The molecule has 1 aromatic rings. The maximum absolute atomic E-state index is 12.0. The van der Waals surface area contributed by atoms with Crippen molar-refractivity contribution >= 4 is 33.2 Å². The van der Waals surface area contributed by atoms with Crippen LogP contribution in [0.25, 0.3) is 0 Å². The van der Waals surface area contributed by atoms with Crippen LogP contribution in [0.3, 0.4) is 0 Å². The minimum Gasteiger partial charge on any atom is -0.393 e. The summed E-state index contributed by atoms with van der Waals surface area (Å²) in [6, 6.07) is 1.25. The number of rotatable bonds is 4. The summed E-state index contributed by atoms with van der Waals surface area (Å²) < 4.78 is 26.5. The highest BCUT2D eigenvalue weighted by Crippen LogP contribution is 2.26. The summed E-state index contributed by atoms with van der Waals surface area (Å²) in [6.07, 6.45) is 3.18. The van der Waals surface area contributed by atoms with Crippen LogP contribution in [0.5, 0.6) is 0 Å². The smallest absolute Gasteiger partial charge is 0.242 e. The van der Waals surface area contributed by atoms with Crippen molar-refractivity contribution in [3.8, 4) is 0 Å². The number of hydrogen-bond acceptors (Lipinski definition) is 4. The average molecular weight is 325 g/mol. The summed E-state index contributed by atoms with van der Waals surface area (Å²) >= 11 is 11.4. The molecule has 0 saturated heterocycles. The molecule has 106 valence electrons. The fourth-order valence-corrected chi connectivity index (χ4v) is 3.51. The lowest BCUT2D eigenvalue weighted by molar-refractivity contribution is 0.134. The van der Waals surface area contributed by atoms with Crippen molar-refractivity contribution in [3.63, 3.8) is 0 Å². The van der Waals surface area contributed by atoms with Gasteiger partial charge in [0.1, 0.15) is 10.0 Å². The van der Waals surface area contributed by atoms with Crippen LogP contribution in [-0.2, 0) is 10.0 Å². The first kappa shape index (κ1) is 15.0. The SMILES string of the molecule is O=S(=O)(NCC1CCCC1O)c1cnc(Cl)c(Cl)c1. The van der Waals surface area contributed by atoms with Crippen molar-refractivity contribution in [2.75, 3.05) is 6.54 Å². The van der Waals surface area contributed by atoms with Gasteiger partial charge < -0.3 is 5.11 Å². The van der Waals surface area contributed by atoms with E-state index in [1.807, 2.05) is 0 Å². The number of pyridine rings is 1. The van der Waals surface area contributed by atoms with Crippen molar-refractivity contribution in [1.29, 1.82) is 0 Å². The van der Waals surface area contributed by atoms with E-state index in [9.17, 15) is 13.5 Å². The molecule has 2 unspecified atom stereocenters. The molecule has 1 fully saturated rings. The van der Waals surface area contributed by atoms with Gasteiger partial charge in [-0.3, -0.25) is 0 Å². The molecule has 2 rings (SSSR count). The van der Waals surface area contributed by atoms with Gasteiger partial charge in [0.05, 0.1) is 11.1 Å². The minimum atomic E-state index is -3.68. The number of aliphatic hydroxyl groups excluding tert-OH is 1. The van der Waals surface area contributed by atoms with E-state index in [1.54, 1.807) is 0 Å². The number of aromatic nitrogens is 1. The Labute approximate surface area is 122 Å². The number of halogens is 2. The molecule has 2 atom stereocenters. The minimum absolute atomic E-state index is 0.0330. The third-order valence-electron chi connectivity index (χ3n) is 3.24. The number of hydrogen-bond donors (Lipinski definition) is 2. The van der Waals surface area contributed by atoms with E-state index in [0.29, 0.717) is 0 Å². The van der Waals surface area contributed by atoms with Crippen LogP contribution in [-0.4, -0.2) is 31.2 Å². The summed E-state index contributed by atoms with van der Waals surface area (Å²) in [5.74, 6) is -0.0366. The molecule has 2 N–H and O–H groups in total. The zero-order chi connectivity index (χ0) is 14.0. The van der Waals surface area contributed by atoms with Gasteiger partial charge in [0.2, 0.25) is 10.0 Å². The largest absolute Gasteiger partial charge is 0.393 e. The van der Waals surface area contributed by atoms with Crippen LogP contribution < -0.4 is 4.72 Å². The Kier molecular flexibility index (Phi) is 4.68. The third-order valence-corrected chi connectivity index (χ3v) is 5.31. The highest BCUT2D eigenvalue weighted by atomic mass is 35.5. The lowest BCUT2D eigenvalue weighted by atomic mass is 10.1. The Morgan fingerprint density at radius 1 is 1.42 bits per heavy atom. The first-order chi connectivity index (χ1) is 8.90. The molecule has 1 aromatic heterocycles. The predicted molar refractivity (Wildman–Crippen MR) is 72.8 cm³/mol. The summed E-state index contributed by atoms with van der Waals surface area (Å²) in [6.45, 7) is 0.212. The fourth-order valence-electron chi connectivity index (χ4n) is 2.11. The first-order valence-electron chi connectivity index (χ1n) is 5.89. The average Bonchev–Trinajstić information content (AvgIpc) is 2.76. The molecule has 8 heteroatoms. The Morgan fingerprint density at radius 2 is 2.16 bits per heavy atom. The maximum Gasteiger partial charge on any atom is 0.242 e. The van der Waals surface area contributed by atoms with Gasteiger partial charge in [-0.05, 0) is 24.8 Å². The van der Waals surface area contributed by atoms with E-state index < -0.39 is 16.1 Å². The van der Waals surface area contributed by atoms with Crippen LogP contribution in [0.2, 0.25) is 10.2 Å². The van der Waals surface area contributed by atoms with Gasteiger partial charge in [-0.2, -0.15) is 0 Å². The normalized spacial score (nSPS) is 23.7. The summed E-state index contributed by atoms with van der Waals surface area (Å²) in [5.41, 5.74) is 0. The maximum atomic E-state index is 12.0. The van der Waals surface area contributed by atoms with Crippen molar-refractivity contribution in [1.82, 2.24) is 9.71 Å². The molecule has 0 amide bonds. The van der Waals surface area contributed by atoms with Crippen molar-refractivity contribution in [2.24, 2.45) is 5.92 Å². The van der Waals surface area contributed by atoms with Gasteiger partial charge in [-0.15, -0.1) is 0 Å². The molecule has 0 bridgehead atoms. The van der Waals surface area contributed by atoms with Gasteiger partial charge in [0.15, 0.2) is 0 Å². The molecule has 1 heterocycles. The highest BCUT2D eigenvalue weighted by molar-refractivity contribution is 7.89. The molecular formula is C11H14Cl2N2O3S. The van der Waals surface area contributed by atoms with Gasteiger partial charge in [-0.1, -0.05) is 29.6 Å². The van der Waals surface area contributed by atoms with Crippen molar-refractivity contribution in [2.45, 2.75) is 30.3 Å². The zero-order valence-electron chi connectivity index (χ0n) is 10.0. The van der Waals surface area contributed by atoms with Crippen LogP contribution in [0, 0.1) is 5.92 Å². The Hall–Kier alpha value is -0.400. The molecule has 5 nitrogen and oxygen atoms in total. The number of sulfonamides is 1. The quantitative estimate of drug-likeness (QED) is 0.828. The van der Waals surface area contributed by atoms with E-state index >= 15 is 0 Å². The second kappa shape index (κ2) is 5.93.